The van der Waals surface area contributed by atoms with Gasteiger partial charge in [0.1, 0.15) is 5.75 Å². The molecule has 0 bridgehead atoms. The van der Waals surface area contributed by atoms with E-state index in [4.69, 9.17) is 4.74 Å². The fourth-order valence-corrected chi connectivity index (χ4v) is 4.74. The second-order valence-electron chi connectivity index (χ2n) is 7.52. The molecule has 2 heterocycles. The van der Waals surface area contributed by atoms with Crippen molar-refractivity contribution in [3.8, 4) is 5.75 Å². The first kappa shape index (κ1) is 19.6. The fourth-order valence-electron chi connectivity index (χ4n) is 3.83. The Labute approximate surface area is 171 Å². The van der Waals surface area contributed by atoms with Gasteiger partial charge in [-0.2, -0.15) is 0 Å². The minimum Gasteiger partial charge on any atom is -0.476 e. The van der Waals surface area contributed by atoms with Crippen molar-refractivity contribution in [2.75, 3.05) is 48.2 Å². The summed E-state index contributed by atoms with van der Waals surface area (Å²) >= 11 is 0. The summed E-state index contributed by atoms with van der Waals surface area (Å²) in [5, 5.41) is 0. The van der Waals surface area contributed by atoms with Crippen molar-refractivity contribution in [3.05, 3.63) is 54.1 Å². The van der Waals surface area contributed by atoms with E-state index < -0.39 is 16.1 Å². The van der Waals surface area contributed by atoms with Crippen molar-refractivity contribution >= 4 is 27.3 Å². The van der Waals surface area contributed by atoms with Gasteiger partial charge in [0.25, 0.3) is 5.91 Å². The largest absolute Gasteiger partial charge is 0.476 e. The van der Waals surface area contributed by atoms with Gasteiger partial charge in [-0.25, -0.2) is 8.42 Å². The molecule has 7 nitrogen and oxygen atoms in total. The molecule has 1 amide bonds. The van der Waals surface area contributed by atoms with Gasteiger partial charge in [-0.05, 0) is 36.8 Å². The molecule has 0 radical (unpaired) electrons. The lowest BCUT2D eigenvalue weighted by Gasteiger charge is -2.40. The van der Waals surface area contributed by atoms with E-state index in [1.54, 1.807) is 17.0 Å². The molecule has 0 spiro atoms. The third-order valence-corrected chi connectivity index (χ3v) is 6.52. The van der Waals surface area contributed by atoms with Gasteiger partial charge in [0.05, 0.1) is 18.5 Å². The molecular weight excluding hydrogens is 390 g/mol. The fraction of sp³-hybridized carbons (Fsp3) is 0.381. The minimum atomic E-state index is -3.52. The maximum Gasteiger partial charge on any atom is 0.265 e. The average Bonchev–Trinajstić information content (AvgIpc) is 2.72. The molecule has 2 aliphatic heterocycles. The number of fused-ring (bicyclic) bond motifs is 1. The molecule has 2 aromatic rings. The normalized spacial score (nSPS) is 19.5. The zero-order valence-electron chi connectivity index (χ0n) is 16.6. The number of hydrogen-bond donors (Lipinski definition) is 0. The highest BCUT2D eigenvalue weighted by Gasteiger charge is 2.37. The Morgan fingerprint density at radius 3 is 2.38 bits per heavy atom. The van der Waals surface area contributed by atoms with Gasteiger partial charge in [-0.3, -0.25) is 9.10 Å². The summed E-state index contributed by atoms with van der Waals surface area (Å²) < 4.78 is 31.9. The van der Waals surface area contributed by atoms with Crippen molar-refractivity contribution in [3.63, 3.8) is 0 Å². The Kier molecular flexibility index (Phi) is 5.12. The number of anilines is 2. The van der Waals surface area contributed by atoms with Gasteiger partial charge in [0, 0.05) is 31.9 Å². The molecule has 2 aromatic carbocycles. The van der Waals surface area contributed by atoms with Crippen molar-refractivity contribution < 1.29 is 17.9 Å². The van der Waals surface area contributed by atoms with Crippen molar-refractivity contribution in [1.29, 1.82) is 0 Å². The maximum absolute atomic E-state index is 13.1. The number of ether oxygens (including phenoxy) is 1. The average molecular weight is 416 g/mol. The predicted octanol–water partition coefficient (Wildman–Crippen LogP) is 1.87. The van der Waals surface area contributed by atoms with Crippen LogP contribution in [0.4, 0.5) is 11.4 Å². The van der Waals surface area contributed by atoms with E-state index >= 15 is 0 Å². The van der Waals surface area contributed by atoms with Gasteiger partial charge < -0.3 is 14.5 Å². The standard InChI is InChI=1S/C21H25N3O4S/c1-16-8-9-19-18(14-16)24(29(2,26)27)15-20(28-19)21(25)23-12-10-22(11-13-23)17-6-4-3-5-7-17/h3-9,14,20H,10-13,15H2,1-2H3/t20-/m1/s1. The Hall–Kier alpha value is -2.74. The number of para-hydroxylation sites is 1. The number of nitrogens with zero attached hydrogens (tertiary/aromatic N) is 3. The number of sulfonamides is 1. The highest BCUT2D eigenvalue weighted by molar-refractivity contribution is 7.92. The number of piperazine rings is 1. The monoisotopic (exact) mass is 415 g/mol. The minimum absolute atomic E-state index is 0.00693. The van der Waals surface area contributed by atoms with Crippen molar-refractivity contribution in [1.82, 2.24) is 4.90 Å². The van der Waals surface area contributed by atoms with Crippen LogP contribution in [0.25, 0.3) is 0 Å². The number of hydrogen-bond acceptors (Lipinski definition) is 5. The second-order valence-corrected chi connectivity index (χ2v) is 9.43. The first-order chi connectivity index (χ1) is 13.8. The molecule has 1 saturated heterocycles. The molecule has 29 heavy (non-hydrogen) atoms. The highest BCUT2D eigenvalue weighted by atomic mass is 32.2. The van der Waals surface area contributed by atoms with Crippen LogP contribution in [0, 0.1) is 6.92 Å². The van der Waals surface area contributed by atoms with Crippen molar-refractivity contribution in [2.45, 2.75) is 13.0 Å². The number of benzene rings is 2. The molecule has 154 valence electrons. The van der Waals surface area contributed by atoms with Crippen LogP contribution in [-0.4, -0.2) is 64.3 Å². The molecule has 1 fully saturated rings. The summed E-state index contributed by atoms with van der Waals surface area (Å²) in [6.07, 6.45) is 0.313. The SMILES string of the molecule is Cc1ccc2c(c1)N(S(C)(=O)=O)C[C@H](C(=O)N1CCN(c3ccccc3)CC1)O2. The summed E-state index contributed by atoms with van der Waals surface area (Å²) in [7, 11) is -3.52. The lowest BCUT2D eigenvalue weighted by molar-refractivity contribution is -0.138. The topological polar surface area (TPSA) is 70.2 Å². The quantitative estimate of drug-likeness (QED) is 0.766. The van der Waals surface area contributed by atoms with E-state index in [0.717, 1.165) is 30.6 Å². The van der Waals surface area contributed by atoms with Crippen LogP contribution >= 0.6 is 0 Å². The zero-order chi connectivity index (χ0) is 20.6. The van der Waals surface area contributed by atoms with Gasteiger partial charge >= 0.3 is 0 Å². The van der Waals surface area contributed by atoms with E-state index in [0.29, 0.717) is 24.5 Å². The second kappa shape index (κ2) is 7.59. The first-order valence-corrected chi connectivity index (χ1v) is 11.5. The Bertz CT molecular complexity index is 1000. The molecule has 1 atom stereocenters. The maximum atomic E-state index is 13.1. The number of rotatable bonds is 3. The van der Waals surface area contributed by atoms with Crippen molar-refractivity contribution in [2.24, 2.45) is 0 Å². The van der Waals surface area contributed by atoms with Crippen LogP contribution in [0.5, 0.6) is 5.75 Å². The molecule has 0 unspecified atom stereocenters. The molecule has 0 saturated carbocycles. The molecule has 0 aromatic heterocycles. The van der Waals surface area contributed by atoms with E-state index in [1.165, 1.54) is 4.31 Å². The molecule has 0 N–H and O–H groups in total. The van der Waals surface area contributed by atoms with Crippen LogP contribution in [0.15, 0.2) is 48.5 Å². The van der Waals surface area contributed by atoms with E-state index in [1.807, 2.05) is 31.2 Å². The molecule has 8 heteroatoms. The van der Waals surface area contributed by atoms with Crippen LogP contribution in [0.1, 0.15) is 5.56 Å². The van der Waals surface area contributed by atoms with E-state index in [2.05, 4.69) is 17.0 Å². The number of carbonyl (C=O) groups is 1. The molecule has 0 aliphatic carbocycles. The Balaban J connectivity index is 1.49. The highest BCUT2D eigenvalue weighted by Crippen LogP contribution is 2.36. The smallest absolute Gasteiger partial charge is 0.265 e. The molecule has 4 rings (SSSR count). The van der Waals surface area contributed by atoms with Crippen LogP contribution in [-0.2, 0) is 14.8 Å². The van der Waals surface area contributed by atoms with E-state index in [9.17, 15) is 13.2 Å². The van der Waals surface area contributed by atoms with Gasteiger partial charge in [-0.1, -0.05) is 24.3 Å². The molecular formula is C21H25N3O4S. The van der Waals surface area contributed by atoms with Crippen LogP contribution < -0.4 is 13.9 Å². The summed E-state index contributed by atoms with van der Waals surface area (Å²) in [4.78, 5) is 17.1. The van der Waals surface area contributed by atoms with Gasteiger partial charge in [0.15, 0.2) is 6.10 Å². The summed E-state index contributed by atoms with van der Waals surface area (Å²) in [6, 6.07) is 15.5. The zero-order valence-corrected chi connectivity index (χ0v) is 17.4. The van der Waals surface area contributed by atoms with E-state index in [-0.39, 0.29) is 12.5 Å². The van der Waals surface area contributed by atoms with Crippen LogP contribution in [0.2, 0.25) is 0 Å². The van der Waals surface area contributed by atoms with Gasteiger partial charge in [-0.15, -0.1) is 0 Å². The number of amides is 1. The molecule has 2 aliphatic rings. The third-order valence-electron chi connectivity index (χ3n) is 5.37. The number of aryl methyl sites for hydroxylation is 1. The Morgan fingerprint density at radius 1 is 1.03 bits per heavy atom. The summed E-state index contributed by atoms with van der Waals surface area (Å²) in [5.74, 6) is 0.256. The van der Waals surface area contributed by atoms with Crippen LogP contribution in [0.3, 0.4) is 0 Å². The third kappa shape index (κ3) is 4.03. The lowest BCUT2D eigenvalue weighted by atomic mass is 10.1. The first-order valence-electron chi connectivity index (χ1n) is 9.67. The predicted molar refractivity (Wildman–Crippen MR) is 113 cm³/mol. The Morgan fingerprint density at radius 2 is 1.72 bits per heavy atom. The number of carbonyl (C=O) groups excluding carboxylic acids is 1. The summed E-state index contributed by atoms with van der Waals surface area (Å²) in [5.41, 5.74) is 2.56. The van der Waals surface area contributed by atoms with Gasteiger partial charge in [0.2, 0.25) is 10.0 Å². The summed E-state index contributed by atoms with van der Waals surface area (Å²) in [6.45, 7) is 4.50. The lowest BCUT2D eigenvalue weighted by Crippen LogP contribution is -2.56.